The third kappa shape index (κ3) is 4.30. The van der Waals surface area contributed by atoms with Crippen molar-refractivity contribution in [3.05, 3.63) is 35.9 Å². The Hall–Kier alpha value is -0.900. The van der Waals surface area contributed by atoms with Crippen molar-refractivity contribution in [3.8, 4) is 0 Å². The molecule has 0 amide bonds. The number of likely N-dealkylation sites (tertiary alicyclic amines) is 1. The number of hydrogen-bond acceptors (Lipinski definition) is 3. The molecule has 0 radical (unpaired) electrons. The minimum atomic E-state index is 0.194. The van der Waals surface area contributed by atoms with E-state index in [2.05, 4.69) is 47.5 Å². The van der Waals surface area contributed by atoms with Gasteiger partial charge in [0.15, 0.2) is 0 Å². The van der Waals surface area contributed by atoms with Crippen LogP contribution in [0.2, 0.25) is 0 Å². The van der Waals surface area contributed by atoms with Crippen LogP contribution in [0.15, 0.2) is 30.3 Å². The van der Waals surface area contributed by atoms with E-state index in [-0.39, 0.29) is 5.54 Å². The predicted molar refractivity (Wildman–Crippen MR) is 85.9 cm³/mol. The Morgan fingerprint density at radius 3 is 2.50 bits per heavy atom. The molecule has 3 nitrogen and oxygen atoms in total. The summed E-state index contributed by atoms with van der Waals surface area (Å²) in [6.07, 6.45) is 4.69. The third-order valence-corrected chi connectivity index (χ3v) is 4.51. The van der Waals surface area contributed by atoms with Gasteiger partial charge in [0.25, 0.3) is 0 Å². The van der Waals surface area contributed by atoms with Crippen LogP contribution in [0.25, 0.3) is 0 Å². The first-order valence-corrected chi connectivity index (χ1v) is 7.99. The molecule has 1 aromatic carbocycles. The molecule has 1 fully saturated rings. The minimum Gasteiger partial charge on any atom is -0.329 e. The number of rotatable bonds is 7. The second kappa shape index (κ2) is 7.77. The number of nitrogens with two attached hydrogens (primary N) is 1. The summed E-state index contributed by atoms with van der Waals surface area (Å²) in [6.45, 7) is 7.56. The number of benzene rings is 1. The van der Waals surface area contributed by atoms with Crippen molar-refractivity contribution >= 4 is 0 Å². The molecule has 0 spiro atoms. The fourth-order valence-electron chi connectivity index (χ4n) is 2.98. The molecule has 2 rings (SSSR count). The first-order chi connectivity index (χ1) is 9.78. The highest BCUT2D eigenvalue weighted by atomic mass is 15.2. The zero-order chi connectivity index (χ0) is 14.3. The Labute approximate surface area is 123 Å². The van der Waals surface area contributed by atoms with Crippen LogP contribution >= 0.6 is 0 Å². The second-order valence-corrected chi connectivity index (χ2v) is 5.99. The van der Waals surface area contributed by atoms with Crippen molar-refractivity contribution < 1.29 is 0 Å². The zero-order valence-electron chi connectivity index (χ0n) is 12.8. The van der Waals surface area contributed by atoms with Gasteiger partial charge >= 0.3 is 0 Å². The topological polar surface area (TPSA) is 41.3 Å². The molecule has 0 aromatic heterocycles. The van der Waals surface area contributed by atoms with Crippen LogP contribution in [0.4, 0.5) is 0 Å². The number of nitrogens with one attached hydrogen (secondary N) is 1. The Morgan fingerprint density at radius 2 is 1.90 bits per heavy atom. The monoisotopic (exact) mass is 275 g/mol. The fourth-order valence-corrected chi connectivity index (χ4v) is 2.98. The highest BCUT2D eigenvalue weighted by molar-refractivity contribution is 5.14. The van der Waals surface area contributed by atoms with Crippen LogP contribution in [0.1, 0.15) is 31.7 Å². The Morgan fingerprint density at radius 1 is 1.20 bits per heavy atom. The lowest BCUT2D eigenvalue weighted by Gasteiger charge is -2.42. The van der Waals surface area contributed by atoms with Gasteiger partial charge in [-0.3, -0.25) is 0 Å². The smallest absolute Gasteiger partial charge is 0.0328 e. The lowest BCUT2D eigenvalue weighted by atomic mass is 9.87. The van der Waals surface area contributed by atoms with Gasteiger partial charge in [-0.25, -0.2) is 0 Å². The zero-order valence-corrected chi connectivity index (χ0v) is 12.8. The molecule has 1 aromatic rings. The van der Waals surface area contributed by atoms with E-state index in [9.17, 15) is 0 Å². The van der Waals surface area contributed by atoms with Gasteiger partial charge in [0.1, 0.15) is 0 Å². The quantitative estimate of drug-likeness (QED) is 0.800. The maximum absolute atomic E-state index is 6.01. The molecule has 3 heteroatoms. The van der Waals surface area contributed by atoms with Gasteiger partial charge < -0.3 is 16.0 Å². The molecule has 20 heavy (non-hydrogen) atoms. The highest BCUT2D eigenvalue weighted by Gasteiger charge is 2.32. The van der Waals surface area contributed by atoms with Crippen LogP contribution < -0.4 is 11.1 Å². The summed E-state index contributed by atoms with van der Waals surface area (Å²) in [6, 6.07) is 10.8. The Balaban J connectivity index is 1.76. The molecule has 1 saturated heterocycles. The van der Waals surface area contributed by atoms with Crippen molar-refractivity contribution in [1.29, 1.82) is 0 Å². The van der Waals surface area contributed by atoms with E-state index in [0.29, 0.717) is 0 Å². The molecule has 3 N–H and O–H groups in total. The lowest BCUT2D eigenvalue weighted by Crippen LogP contribution is -2.57. The molecular weight excluding hydrogens is 246 g/mol. The molecule has 0 unspecified atom stereocenters. The predicted octanol–water partition coefficient (Wildman–Crippen LogP) is 2.02. The van der Waals surface area contributed by atoms with E-state index >= 15 is 0 Å². The maximum Gasteiger partial charge on any atom is 0.0328 e. The molecule has 1 heterocycles. The van der Waals surface area contributed by atoms with Crippen molar-refractivity contribution in [1.82, 2.24) is 10.2 Å². The summed E-state index contributed by atoms with van der Waals surface area (Å²) in [5.41, 5.74) is 7.64. The van der Waals surface area contributed by atoms with E-state index in [1.54, 1.807) is 0 Å². The van der Waals surface area contributed by atoms with Crippen LogP contribution in [0, 0.1) is 0 Å². The van der Waals surface area contributed by atoms with Gasteiger partial charge in [-0.15, -0.1) is 0 Å². The fraction of sp³-hybridized carbons (Fsp3) is 0.647. The SMILES string of the molecule is CCCNC1(CN)CCN(CCc2ccccc2)CC1. The van der Waals surface area contributed by atoms with Crippen molar-refractivity contribution in [2.75, 3.05) is 32.7 Å². The molecule has 0 saturated carbocycles. The van der Waals surface area contributed by atoms with Crippen LogP contribution in [-0.2, 0) is 6.42 Å². The summed E-state index contributed by atoms with van der Waals surface area (Å²) < 4.78 is 0. The van der Waals surface area contributed by atoms with E-state index in [1.807, 2.05) is 0 Å². The largest absolute Gasteiger partial charge is 0.329 e. The van der Waals surface area contributed by atoms with Gasteiger partial charge in [0.05, 0.1) is 0 Å². The average Bonchev–Trinajstić information content (AvgIpc) is 2.53. The van der Waals surface area contributed by atoms with Gasteiger partial charge in [-0.05, 0) is 50.9 Å². The van der Waals surface area contributed by atoms with E-state index in [4.69, 9.17) is 5.73 Å². The first-order valence-electron chi connectivity index (χ1n) is 7.99. The van der Waals surface area contributed by atoms with E-state index < -0.39 is 0 Å². The maximum atomic E-state index is 6.01. The average molecular weight is 275 g/mol. The molecule has 0 atom stereocenters. The number of piperidine rings is 1. The van der Waals surface area contributed by atoms with Gasteiger partial charge in [0, 0.05) is 18.6 Å². The molecule has 0 aliphatic carbocycles. The summed E-state index contributed by atoms with van der Waals surface area (Å²) >= 11 is 0. The van der Waals surface area contributed by atoms with Gasteiger partial charge in [0.2, 0.25) is 0 Å². The number of nitrogens with zero attached hydrogens (tertiary/aromatic N) is 1. The molecule has 1 aliphatic heterocycles. The van der Waals surface area contributed by atoms with Gasteiger partial charge in [-0.2, -0.15) is 0 Å². The summed E-state index contributed by atoms with van der Waals surface area (Å²) in [5.74, 6) is 0. The van der Waals surface area contributed by atoms with E-state index in [0.717, 1.165) is 19.5 Å². The Kier molecular flexibility index (Phi) is 6.02. The second-order valence-electron chi connectivity index (χ2n) is 5.99. The number of hydrogen-bond donors (Lipinski definition) is 2. The summed E-state index contributed by atoms with van der Waals surface area (Å²) in [5, 5.41) is 3.68. The third-order valence-electron chi connectivity index (χ3n) is 4.51. The van der Waals surface area contributed by atoms with Crippen LogP contribution in [0.3, 0.4) is 0 Å². The van der Waals surface area contributed by atoms with Gasteiger partial charge in [-0.1, -0.05) is 37.3 Å². The molecular formula is C17H29N3. The highest BCUT2D eigenvalue weighted by Crippen LogP contribution is 2.21. The standard InChI is InChI=1S/C17H29N3/c1-2-11-19-17(15-18)9-13-20(14-10-17)12-8-16-6-4-3-5-7-16/h3-7,19H,2,8-15,18H2,1H3. The molecule has 1 aliphatic rings. The summed E-state index contributed by atoms with van der Waals surface area (Å²) in [7, 11) is 0. The first kappa shape index (κ1) is 15.5. The normalized spacial score (nSPS) is 19.1. The van der Waals surface area contributed by atoms with Crippen molar-refractivity contribution in [2.45, 2.75) is 38.1 Å². The van der Waals surface area contributed by atoms with Crippen molar-refractivity contribution in [3.63, 3.8) is 0 Å². The van der Waals surface area contributed by atoms with E-state index in [1.165, 1.54) is 44.5 Å². The molecule has 112 valence electrons. The van der Waals surface area contributed by atoms with Crippen LogP contribution in [-0.4, -0.2) is 43.2 Å². The minimum absolute atomic E-state index is 0.194. The van der Waals surface area contributed by atoms with Crippen LogP contribution in [0.5, 0.6) is 0 Å². The lowest BCUT2D eigenvalue weighted by molar-refractivity contribution is 0.140. The Bertz CT molecular complexity index is 369. The summed E-state index contributed by atoms with van der Waals surface area (Å²) in [4.78, 5) is 2.58. The van der Waals surface area contributed by atoms with Crippen molar-refractivity contribution in [2.24, 2.45) is 5.73 Å². The molecule has 0 bridgehead atoms.